The van der Waals surface area contributed by atoms with E-state index in [1.165, 1.54) is 11.8 Å². The number of unbranched alkanes of at least 4 members (excludes halogenated alkanes) is 1. The van der Waals surface area contributed by atoms with Crippen LogP contribution in [0.4, 0.5) is 0 Å². The van der Waals surface area contributed by atoms with Crippen LogP contribution < -0.4 is 9.47 Å². The minimum atomic E-state index is -0.0493. The summed E-state index contributed by atoms with van der Waals surface area (Å²) in [5.41, 5.74) is 0.893. The minimum absolute atomic E-state index is 0.0493. The molecule has 0 spiro atoms. The highest BCUT2D eigenvalue weighted by molar-refractivity contribution is 8.26. The van der Waals surface area contributed by atoms with E-state index in [-0.39, 0.29) is 12.0 Å². The maximum Gasteiger partial charge on any atom is 0.266 e. The van der Waals surface area contributed by atoms with Crippen molar-refractivity contribution in [3.63, 3.8) is 0 Å². The summed E-state index contributed by atoms with van der Waals surface area (Å²) >= 11 is 6.76. The Bertz CT molecular complexity index is 744. The molecule has 0 radical (unpaired) electrons. The molecule has 0 saturated carbocycles. The van der Waals surface area contributed by atoms with E-state index in [0.29, 0.717) is 34.7 Å². The van der Waals surface area contributed by atoms with Crippen LogP contribution in [0.15, 0.2) is 23.1 Å². The Morgan fingerprint density at radius 1 is 1.32 bits per heavy atom. The van der Waals surface area contributed by atoms with Crippen LogP contribution in [0.5, 0.6) is 11.5 Å². The zero-order chi connectivity index (χ0) is 19.9. The first-order valence-corrected chi connectivity index (χ1v) is 11.1. The van der Waals surface area contributed by atoms with Gasteiger partial charge in [-0.25, -0.2) is 0 Å². The van der Waals surface area contributed by atoms with Crippen LogP contribution in [0.3, 0.4) is 0 Å². The van der Waals surface area contributed by atoms with Crippen LogP contribution in [-0.2, 0) is 9.53 Å². The molecular weight excluding hydrogens is 394 g/mol. The molecule has 5 nitrogen and oxygen atoms in total. The lowest BCUT2D eigenvalue weighted by Crippen LogP contribution is -2.35. The summed E-state index contributed by atoms with van der Waals surface area (Å²) in [5, 5.41) is 0. The molecule has 0 aliphatic carbocycles. The van der Waals surface area contributed by atoms with Crippen LogP contribution >= 0.6 is 24.0 Å². The number of rotatable bonds is 9. The van der Waals surface area contributed by atoms with E-state index in [4.69, 9.17) is 26.4 Å². The molecule has 1 atom stereocenters. The summed E-state index contributed by atoms with van der Waals surface area (Å²) in [5.74, 6) is 1.38. The monoisotopic (exact) mass is 421 g/mol. The molecule has 152 valence electrons. The van der Waals surface area contributed by atoms with Gasteiger partial charge in [-0.3, -0.25) is 9.69 Å². The standard InChI is InChI=1S/C21H27NO4S2/c1-3-5-10-26-17-9-8-15(12-18(17)24-4-2)13-19-20(23)22(21(27)28-19)14-16-7-6-11-25-16/h8-9,12-13,16H,3-7,10-11,14H2,1-2H3. The van der Waals surface area contributed by atoms with Gasteiger partial charge in [0.25, 0.3) is 5.91 Å². The second-order valence-corrected chi connectivity index (χ2v) is 8.44. The average Bonchev–Trinajstić information content (AvgIpc) is 3.28. The van der Waals surface area contributed by atoms with E-state index in [2.05, 4.69) is 6.92 Å². The Hall–Kier alpha value is -1.57. The van der Waals surface area contributed by atoms with Gasteiger partial charge in [-0.2, -0.15) is 0 Å². The first kappa shape index (κ1) is 21.1. The summed E-state index contributed by atoms with van der Waals surface area (Å²) < 4.78 is 17.8. The van der Waals surface area contributed by atoms with Crippen LogP contribution in [0.2, 0.25) is 0 Å². The minimum Gasteiger partial charge on any atom is -0.490 e. The second kappa shape index (κ2) is 10.3. The van der Waals surface area contributed by atoms with Gasteiger partial charge in [-0.15, -0.1) is 0 Å². The van der Waals surface area contributed by atoms with E-state index in [1.807, 2.05) is 31.2 Å². The molecule has 28 heavy (non-hydrogen) atoms. The maximum atomic E-state index is 12.8. The molecule has 1 unspecified atom stereocenters. The number of ether oxygens (including phenoxy) is 3. The van der Waals surface area contributed by atoms with Gasteiger partial charge in [-0.05, 0) is 50.0 Å². The number of carbonyl (C=O) groups is 1. The first-order valence-electron chi connectivity index (χ1n) is 9.89. The molecular formula is C21H27NO4S2. The fraction of sp³-hybridized carbons (Fsp3) is 0.524. The van der Waals surface area contributed by atoms with Crippen LogP contribution in [-0.4, -0.2) is 47.6 Å². The van der Waals surface area contributed by atoms with Crippen molar-refractivity contribution in [3.8, 4) is 11.5 Å². The number of amides is 1. The number of carbonyl (C=O) groups excluding carboxylic acids is 1. The molecule has 1 aromatic carbocycles. The molecule has 7 heteroatoms. The van der Waals surface area contributed by atoms with E-state index in [9.17, 15) is 4.79 Å². The van der Waals surface area contributed by atoms with Crippen molar-refractivity contribution in [2.75, 3.05) is 26.4 Å². The van der Waals surface area contributed by atoms with Gasteiger partial charge < -0.3 is 14.2 Å². The van der Waals surface area contributed by atoms with Crippen molar-refractivity contribution < 1.29 is 19.0 Å². The lowest BCUT2D eigenvalue weighted by molar-refractivity contribution is -0.123. The van der Waals surface area contributed by atoms with E-state index in [0.717, 1.165) is 43.6 Å². The first-order chi connectivity index (χ1) is 13.6. The SMILES string of the molecule is CCCCOc1ccc(C=C2SC(=S)N(CC3CCCO3)C2=O)cc1OCC. The number of thioether (sulfide) groups is 1. The van der Waals surface area contributed by atoms with Crippen LogP contribution in [0.1, 0.15) is 45.1 Å². The Labute approximate surface area is 176 Å². The third kappa shape index (κ3) is 5.27. The van der Waals surface area contributed by atoms with Gasteiger partial charge in [0.2, 0.25) is 0 Å². The number of hydrogen-bond donors (Lipinski definition) is 0. The summed E-state index contributed by atoms with van der Waals surface area (Å²) in [6, 6.07) is 5.76. The number of benzene rings is 1. The third-order valence-electron chi connectivity index (χ3n) is 4.60. The quantitative estimate of drug-likeness (QED) is 0.329. The van der Waals surface area contributed by atoms with Gasteiger partial charge in [-0.1, -0.05) is 43.4 Å². The van der Waals surface area contributed by atoms with Gasteiger partial charge in [0, 0.05) is 6.61 Å². The largest absolute Gasteiger partial charge is 0.490 e. The molecule has 2 aliphatic heterocycles. The van der Waals surface area contributed by atoms with Gasteiger partial charge in [0.15, 0.2) is 11.5 Å². The predicted molar refractivity (Wildman–Crippen MR) is 117 cm³/mol. The normalized spacial score (nSPS) is 21.0. The molecule has 2 fully saturated rings. The molecule has 0 bridgehead atoms. The molecule has 1 aromatic rings. The highest BCUT2D eigenvalue weighted by atomic mass is 32.2. The highest BCUT2D eigenvalue weighted by Gasteiger charge is 2.34. The molecule has 2 saturated heterocycles. The number of hydrogen-bond acceptors (Lipinski definition) is 6. The number of nitrogens with zero attached hydrogens (tertiary/aromatic N) is 1. The molecule has 0 aromatic heterocycles. The Balaban J connectivity index is 1.73. The van der Waals surface area contributed by atoms with E-state index in [1.54, 1.807) is 4.90 Å². The van der Waals surface area contributed by atoms with Gasteiger partial charge in [0.05, 0.1) is 30.8 Å². The summed E-state index contributed by atoms with van der Waals surface area (Å²) in [7, 11) is 0. The summed E-state index contributed by atoms with van der Waals surface area (Å²) in [6.07, 6.45) is 6.06. The molecule has 1 amide bonds. The van der Waals surface area contributed by atoms with Crippen molar-refractivity contribution in [1.29, 1.82) is 0 Å². The fourth-order valence-corrected chi connectivity index (χ4v) is 4.40. The predicted octanol–water partition coefficient (Wildman–Crippen LogP) is 4.64. The van der Waals surface area contributed by atoms with Gasteiger partial charge in [0.1, 0.15) is 4.32 Å². The summed E-state index contributed by atoms with van der Waals surface area (Å²) in [4.78, 5) is 15.1. The molecule has 0 N–H and O–H groups in total. The van der Waals surface area contributed by atoms with Crippen molar-refractivity contribution in [3.05, 3.63) is 28.7 Å². The van der Waals surface area contributed by atoms with Crippen molar-refractivity contribution in [2.24, 2.45) is 0 Å². The lowest BCUT2D eigenvalue weighted by atomic mass is 10.1. The van der Waals surface area contributed by atoms with E-state index >= 15 is 0 Å². The smallest absolute Gasteiger partial charge is 0.266 e. The zero-order valence-corrected chi connectivity index (χ0v) is 18.1. The second-order valence-electron chi connectivity index (χ2n) is 6.77. The van der Waals surface area contributed by atoms with Crippen molar-refractivity contribution >= 4 is 40.3 Å². The lowest BCUT2D eigenvalue weighted by Gasteiger charge is -2.18. The van der Waals surface area contributed by atoms with Crippen molar-refractivity contribution in [1.82, 2.24) is 4.90 Å². The van der Waals surface area contributed by atoms with E-state index < -0.39 is 0 Å². The van der Waals surface area contributed by atoms with Crippen LogP contribution in [0, 0.1) is 0 Å². The Morgan fingerprint density at radius 3 is 2.89 bits per heavy atom. The maximum absolute atomic E-state index is 12.8. The Kier molecular flexibility index (Phi) is 7.76. The molecule has 2 aliphatic rings. The molecule has 3 rings (SSSR count). The average molecular weight is 422 g/mol. The summed E-state index contributed by atoms with van der Waals surface area (Å²) in [6.45, 7) is 6.59. The third-order valence-corrected chi connectivity index (χ3v) is 5.98. The number of thiocarbonyl (C=S) groups is 1. The van der Waals surface area contributed by atoms with Gasteiger partial charge >= 0.3 is 0 Å². The van der Waals surface area contributed by atoms with Crippen LogP contribution in [0.25, 0.3) is 6.08 Å². The topological polar surface area (TPSA) is 48.0 Å². The Morgan fingerprint density at radius 2 is 2.18 bits per heavy atom. The fourth-order valence-electron chi connectivity index (χ4n) is 3.13. The van der Waals surface area contributed by atoms with Crippen molar-refractivity contribution in [2.45, 2.75) is 45.6 Å². The highest BCUT2D eigenvalue weighted by Crippen LogP contribution is 2.35. The molecule has 2 heterocycles. The zero-order valence-electron chi connectivity index (χ0n) is 16.4.